The van der Waals surface area contributed by atoms with Crippen molar-refractivity contribution in [2.45, 2.75) is 13.0 Å². The molecule has 3 nitrogen and oxygen atoms in total. The number of halogens is 1. The van der Waals surface area contributed by atoms with Gasteiger partial charge in [-0.1, -0.05) is 6.07 Å². The lowest BCUT2D eigenvalue weighted by atomic mass is 10.2. The van der Waals surface area contributed by atoms with Gasteiger partial charge in [0, 0.05) is 24.0 Å². The zero-order valence-electron chi connectivity index (χ0n) is 8.56. The van der Waals surface area contributed by atoms with Gasteiger partial charge < -0.3 is 0 Å². The van der Waals surface area contributed by atoms with E-state index in [9.17, 15) is 4.48 Å². The van der Waals surface area contributed by atoms with Crippen molar-refractivity contribution in [1.82, 2.24) is 15.1 Å². The monoisotopic (exact) mass is 235 g/mol. The largest absolute Gasteiger partial charge is 0.254 e. The van der Waals surface area contributed by atoms with Gasteiger partial charge in [0.1, 0.15) is 5.01 Å². The Morgan fingerprint density at radius 3 is 3.12 bits per heavy atom. The first kappa shape index (κ1) is 9.86. The van der Waals surface area contributed by atoms with Gasteiger partial charge in [-0.3, -0.25) is 4.98 Å². The second-order valence-corrected chi connectivity index (χ2v) is 4.78. The molecule has 3 rings (SSSR count). The topological polar surface area (TPSA) is 29.0 Å². The number of hydrogen-bond donors (Lipinski definition) is 0. The fourth-order valence-corrected chi connectivity index (χ4v) is 2.85. The molecule has 0 unspecified atom stereocenters. The average molecular weight is 235 g/mol. The van der Waals surface area contributed by atoms with Gasteiger partial charge in [-0.05, 0) is 12.1 Å². The minimum absolute atomic E-state index is 0.361. The van der Waals surface area contributed by atoms with Crippen molar-refractivity contribution in [3.05, 3.63) is 35.0 Å². The molecule has 1 aliphatic heterocycles. The summed E-state index contributed by atoms with van der Waals surface area (Å²) in [5, 5.41) is 1.73. The van der Waals surface area contributed by atoms with E-state index < -0.39 is 0 Å². The van der Waals surface area contributed by atoms with Gasteiger partial charge in [0.25, 0.3) is 0 Å². The average Bonchev–Trinajstić information content (AvgIpc) is 2.73. The number of hydrogen-bond acceptors (Lipinski definition) is 4. The first-order chi connectivity index (χ1) is 7.83. The molecule has 2 aromatic heterocycles. The van der Waals surface area contributed by atoms with Crippen LogP contribution in [0.1, 0.15) is 10.6 Å². The van der Waals surface area contributed by atoms with Crippen molar-refractivity contribution in [3.8, 4) is 10.7 Å². The zero-order chi connectivity index (χ0) is 11.0. The third kappa shape index (κ3) is 1.72. The minimum atomic E-state index is 0.361. The lowest BCUT2D eigenvalue weighted by Gasteiger charge is -2.15. The van der Waals surface area contributed by atoms with Crippen LogP contribution in [0.4, 0.5) is 4.48 Å². The van der Waals surface area contributed by atoms with E-state index in [4.69, 9.17) is 0 Å². The van der Waals surface area contributed by atoms with Gasteiger partial charge in [0.05, 0.1) is 17.9 Å². The Kier molecular flexibility index (Phi) is 2.41. The van der Waals surface area contributed by atoms with E-state index in [1.807, 2.05) is 18.2 Å². The highest BCUT2D eigenvalue weighted by molar-refractivity contribution is 7.15. The van der Waals surface area contributed by atoms with Gasteiger partial charge in [0.2, 0.25) is 0 Å². The van der Waals surface area contributed by atoms with Crippen molar-refractivity contribution in [1.29, 1.82) is 0 Å². The molecule has 0 N–H and O–H groups in total. The lowest BCUT2D eigenvalue weighted by Crippen LogP contribution is -2.21. The van der Waals surface area contributed by atoms with Gasteiger partial charge in [-0.2, -0.15) is 0 Å². The van der Waals surface area contributed by atoms with E-state index >= 15 is 0 Å². The predicted molar refractivity (Wildman–Crippen MR) is 60.6 cm³/mol. The highest BCUT2D eigenvalue weighted by Crippen LogP contribution is 2.30. The summed E-state index contributed by atoms with van der Waals surface area (Å²) in [6, 6.07) is 5.74. The Bertz CT molecular complexity index is 497. The molecule has 0 aromatic carbocycles. The Balaban J connectivity index is 1.99. The Morgan fingerprint density at radius 1 is 1.38 bits per heavy atom. The van der Waals surface area contributed by atoms with Gasteiger partial charge in [0.15, 0.2) is 0 Å². The summed E-state index contributed by atoms with van der Waals surface area (Å²) in [5.41, 5.74) is 1.90. The number of thiazole rings is 1. The third-order valence-electron chi connectivity index (χ3n) is 2.57. The van der Waals surface area contributed by atoms with Crippen LogP contribution in [0.3, 0.4) is 0 Å². The van der Waals surface area contributed by atoms with Crippen molar-refractivity contribution in [3.63, 3.8) is 0 Å². The molecule has 5 heteroatoms. The van der Waals surface area contributed by atoms with Crippen molar-refractivity contribution >= 4 is 11.3 Å². The quantitative estimate of drug-likeness (QED) is 0.711. The van der Waals surface area contributed by atoms with Gasteiger partial charge in [-0.15, -0.1) is 20.9 Å². The van der Waals surface area contributed by atoms with E-state index in [1.165, 1.54) is 11.3 Å². The molecule has 82 valence electrons. The number of rotatable bonds is 1. The van der Waals surface area contributed by atoms with Crippen LogP contribution < -0.4 is 0 Å². The van der Waals surface area contributed by atoms with E-state index in [-0.39, 0.29) is 0 Å². The van der Waals surface area contributed by atoms with Crippen LogP contribution in [0, 0.1) is 0 Å². The SMILES string of the molecule is FN1CCc2nc(-c3ccccn3)sc2C1. The molecular formula is C11H10FN3S. The van der Waals surface area contributed by atoms with E-state index in [0.717, 1.165) is 26.4 Å². The normalized spacial score (nSPS) is 16.1. The Labute approximate surface area is 96.5 Å². The Morgan fingerprint density at radius 2 is 2.31 bits per heavy atom. The molecule has 0 fully saturated rings. The smallest absolute Gasteiger partial charge is 0.142 e. The number of nitrogens with zero attached hydrogens (tertiary/aromatic N) is 3. The predicted octanol–water partition coefficient (Wildman–Crippen LogP) is 2.45. The maximum Gasteiger partial charge on any atom is 0.142 e. The summed E-state index contributed by atoms with van der Waals surface area (Å²) in [6.45, 7) is 0.804. The molecule has 2 aromatic rings. The van der Waals surface area contributed by atoms with Crippen molar-refractivity contribution in [2.24, 2.45) is 0 Å². The molecule has 0 spiro atoms. The summed E-state index contributed by atoms with van der Waals surface area (Å²) in [4.78, 5) is 9.79. The summed E-state index contributed by atoms with van der Waals surface area (Å²) in [6.07, 6.45) is 2.44. The molecule has 0 bridgehead atoms. The van der Waals surface area contributed by atoms with Crippen LogP contribution in [-0.2, 0) is 13.0 Å². The summed E-state index contributed by atoms with van der Waals surface area (Å²) in [5.74, 6) is 0. The molecule has 3 heterocycles. The van der Waals surface area contributed by atoms with Gasteiger partial charge >= 0.3 is 0 Å². The molecule has 0 radical (unpaired) electrons. The molecule has 0 saturated carbocycles. The fourth-order valence-electron chi connectivity index (χ4n) is 1.76. The van der Waals surface area contributed by atoms with Crippen LogP contribution >= 0.6 is 11.3 Å². The molecule has 0 amide bonds. The molecule has 0 atom stereocenters. The minimum Gasteiger partial charge on any atom is -0.254 e. The standard InChI is InChI=1S/C11H10FN3S/c12-15-6-4-8-10(7-15)16-11(14-8)9-3-1-2-5-13-9/h1-3,5H,4,6-7H2. The molecule has 0 saturated heterocycles. The number of pyridine rings is 1. The number of aromatic nitrogens is 2. The molecule has 16 heavy (non-hydrogen) atoms. The lowest BCUT2D eigenvalue weighted by molar-refractivity contribution is 0.0112. The first-order valence-corrected chi connectivity index (χ1v) is 5.95. The molecule has 0 aliphatic carbocycles. The van der Waals surface area contributed by atoms with Crippen LogP contribution in [0.2, 0.25) is 0 Å². The van der Waals surface area contributed by atoms with Crippen LogP contribution in [0.15, 0.2) is 24.4 Å². The summed E-state index contributed by atoms with van der Waals surface area (Å²) in [7, 11) is 0. The maximum absolute atomic E-state index is 13.1. The van der Waals surface area contributed by atoms with Crippen LogP contribution in [0.25, 0.3) is 10.7 Å². The van der Waals surface area contributed by atoms with Crippen LogP contribution in [0.5, 0.6) is 0 Å². The molecular weight excluding hydrogens is 225 g/mol. The third-order valence-corrected chi connectivity index (χ3v) is 3.67. The zero-order valence-corrected chi connectivity index (χ0v) is 9.38. The van der Waals surface area contributed by atoms with E-state index in [1.54, 1.807) is 6.20 Å². The Hall–Kier alpha value is -1.33. The second kappa shape index (κ2) is 3.92. The highest BCUT2D eigenvalue weighted by Gasteiger charge is 2.20. The van der Waals surface area contributed by atoms with Crippen molar-refractivity contribution in [2.75, 3.05) is 6.54 Å². The maximum atomic E-state index is 13.1. The van der Waals surface area contributed by atoms with E-state index in [2.05, 4.69) is 9.97 Å². The van der Waals surface area contributed by atoms with Crippen molar-refractivity contribution < 1.29 is 4.48 Å². The second-order valence-electron chi connectivity index (χ2n) is 3.70. The summed E-state index contributed by atoms with van der Waals surface area (Å²) >= 11 is 1.54. The van der Waals surface area contributed by atoms with Crippen LogP contribution in [-0.4, -0.2) is 21.6 Å². The fraction of sp³-hybridized carbons (Fsp3) is 0.273. The molecule has 1 aliphatic rings. The van der Waals surface area contributed by atoms with E-state index in [0.29, 0.717) is 19.5 Å². The highest BCUT2D eigenvalue weighted by atomic mass is 32.1. The number of fused-ring (bicyclic) bond motifs is 1. The first-order valence-electron chi connectivity index (χ1n) is 5.13. The van der Waals surface area contributed by atoms with Gasteiger partial charge in [-0.25, -0.2) is 4.98 Å². The summed E-state index contributed by atoms with van der Waals surface area (Å²) < 4.78 is 13.1.